The fourth-order valence-corrected chi connectivity index (χ4v) is 1.10. The van der Waals surface area contributed by atoms with E-state index in [0.717, 1.165) is 10.9 Å². The van der Waals surface area contributed by atoms with Crippen molar-refractivity contribution in [2.75, 3.05) is 0 Å². The molecule has 0 saturated heterocycles. The molecule has 0 fully saturated rings. The largest absolute Gasteiger partial charge is 0.389 e. The van der Waals surface area contributed by atoms with Gasteiger partial charge in [0.25, 0.3) is 0 Å². The smallest absolute Gasteiger partial charge is 0.171 e. The van der Waals surface area contributed by atoms with Gasteiger partial charge in [0.05, 0.1) is 6.42 Å². The zero-order valence-electron chi connectivity index (χ0n) is 6.61. The van der Waals surface area contributed by atoms with Crippen LogP contribution in [0.3, 0.4) is 0 Å². The van der Waals surface area contributed by atoms with Gasteiger partial charge in [-0.1, -0.05) is 28.1 Å². The quantitative estimate of drug-likeness (QED) is 0.747. The summed E-state index contributed by atoms with van der Waals surface area (Å²) in [5.41, 5.74) is 0.584. The van der Waals surface area contributed by atoms with Gasteiger partial charge < -0.3 is 0 Å². The maximum Gasteiger partial charge on any atom is 0.389 e. The Hall–Kier alpha value is -0.510. The summed E-state index contributed by atoms with van der Waals surface area (Å²) in [6.07, 6.45) is -3.84. The number of benzene rings is 1. The average molecular weight is 252 g/mol. The van der Waals surface area contributed by atoms with Gasteiger partial charge in [-0.25, -0.2) is 0 Å². The monoisotopic (exact) mass is 251 g/mol. The number of hydrogen-bond donors (Lipinski definition) is 0. The van der Waals surface area contributed by atoms with Gasteiger partial charge in [0.15, 0.2) is 0 Å². The molecule has 0 saturated carbocycles. The molecule has 0 amide bonds. The van der Waals surface area contributed by atoms with E-state index < -0.39 is 12.6 Å². The minimum atomic E-state index is -4.12. The Balaban J connectivity index is 2.51. The molecule has 0 unspecified atom stereocenters. The Morgan fingerprint density at radius 2 is 1.69 bits per heavy atom. The van der Waals surface area contributed by atoms with Gasteiger partial charge in [0, 0.05) is 4.47 Å². The molecule has 0 aliphatic rings. The van der Waals surface area contributed by atoms with E-state index in [9.17, 15) is 13.2 Å². The Morgan fingerprint density at radius 1 is 1.15 bits per heavy atom. The summed E-state index contributed by atoms with van der Waals surface area (Å²) >= 11 is 3.20. The van der Waals surface area contributed by atoms with Crippen molar-refractivity contribution in [1.29, 1.82) is 0 Å². The highest BCUT2D eigenvalue weighted by atomic mass is 79.9. The predicted octanol–water partition coefficient (Wildman–Crippen LogP) is 3.95. The van der Waals surface area contributed by atoms with E-state index in [0.29, 0.717) is 5.56 Å². The Bertz CT molecular complexity index is 263. The maximum absolute atomic E-state index is 11.8. The summed E-state index contributed by atoms with van der Waals surface area (Å²) in [5.74, 6) is 0. The van der Waals surface area contributed by atoms with Gasteiger partial charge in [-0.05, 0) is 24.1 Å². The number of rotatable bonds is 2. The summed E-state index contributed by atoms with van der Waals surface area (Å²) in [6.45, 7) is 0. The number of alkyl halides is 3. The number of halogens is 4. The van der Waals surface area contributed by atoms with Gasteiger partial charge in [-0.3, -0.25) is 0 Å². The van der Waals surface area contributed by atoms with Crippen molar-refractivity contribution in [3.8, 4) is 0 Å². The van der Waals surface area contributed by atoms with E-state index in [4.69, 9.17) is 0 Å². The van der Waals surface area contributed by atoms with Gasteiger partial charge in [-0.2, -0.15) is 13.2 Å². The highest BCUT2D eigenvalue weighted by Gasteiger charge is 2.26. The lowest BCUT2D eigenvalue weighted by atomic mass is 10.1. The molecule has 0 heterocycles. The molecule has 1 aromatic rings. The Morgan fingerprint density at radius 3 is 2.15 bits per heavy atom. The van der Waals surface area contributed by atoms with Crippen LogP contribution in [0.1, 0.15) is 12.0 Å². The average Bonchev–Trinajstić information content (AvgIpc) is 2.02. The van der Waals surface area contributed by atoms with E-state index in [1.54, 1.807) is 24.3 Å². The lowest BCUT2D eigenvalue weighted by Crippen LogP contribution is -2.07. The third-order valence-electron chi connectivity index (χ3n) is 1.44. The molecule has 1 aromatic carbocycles. The zero-order valence-corrected chi connectivity index (χ0v) is 8.19. The summed E-state index contributed by atoms with van der Waals surface area (Å²) < 4.78 is 36.2. The van der Waals surface area contributed by atoms with Crippen LogP contribution in [-0.2, 0) is 0 Å². The fraction of sp³-hybridized carbons (Fsp3) is 0.222. The van der Waals surface area contributed by atoms with Crippen LogP contribution in [0.2, 0.25) is 0 Å². The summed E-state index contributed by atoms with van der Waals surface area (Å²) in [6, 6.07) is 6.69. The zero-order chi connectivity index (χ0) is 9.90. The van der Waals surface area contributed by atoms with Crippen molar-refractivity contribution in [2.24, 2.45) is 0 Å². The molecule has 0 aliphatic carbocycles. The van der Waals surface area contributed by atoms with E-state index >= 15 is 0 Å². The van der Waals surface area contributed by atoms with Crippen molar-refractivity contribution in [3.63, 3.8) is 0 Å². The molecule has 0 bridgehead atoms. The van der Waals surface area contributed by atoms with Gasteiger partial charge in [0.1, 0.15) is 0 Å². The highest BCUT2D eigenvalue weighted by molar-refractivity contribution is 9.10. The molecule has 71 valence electrons. The van der Waals surface area contributed by atoms with Gasteiger partial charge in [0.2, 0.25) is 0 Å². The molecule has 0 atom stereocenters. The lowest BCUT2D eigenvalue weighted by molar-refractivity contribution is -0.127. The maximum atomic E-state index is 11.8. The van der Waals surface area contributed by atoms with E-state index in [1.165, 1.54) is 0 Å². The van der Waals surface area contributed by atoms with Crippen LogP contribution in [-0.4, -0.2) is 6.18 Å². The summed E-state index contributed by atoms with van der Waals surface area (Å²) in [5, 5.41) is 0. The Labute approximate surface area is 82.9 Å². The second-order valence-corrected chi connectivity index (χ2v) is 3.49. The van der Waals surface area contributed by atoms with Crippen LogP contribution in [0, 0.1) is 6.42 Å². The first-order valence-electron chi connectivity index (χ1n) is 3.63. The second-order valence-electron chi connectivity index (χ2n) is 2.57. The molecule has 0 nitrogen and oxygen atoms in total. The molecular formula is C9H7BrF3. The van der Waals surface area contributed by atoms with Gasteiger partial charge in [-0.15, -0.1) is 0 Å². The topological polar surface area (TPSA) is 0 Å². The first-order valence-corrected chi connectivity index (χ1v) is 4.42. The van der Waals surface area contributed by atoms with Crippen LogP contribution < -0.4 is 0 Å². The minimum Gasteiger partial charge on any atom is -0.171 e. The molecule has 1 radical (unpaired) electrons. The lowest BCUT2D eigenvalue weighted by Gasteiger charge is -2.05. The normalized spacial score (nSPS) is 11.7. The van der Waals surface area contributed by atoms with Crippen molar-refractivity contribution in [2.45, 2.75) is 12.6 Å². The molecule has 0 aliphatic heterocycles. The first kappa shape index (κ1) is 10.6. The third kappa shape index (κ3) is 4.31. The molecule has 1 rings (SSSR count). The molecule has 4 heteroatoms. The van der Waals surface area contributed by atoms with Crippen molar-refractivity contribution < 1.29 is 13.2 Å². The van der Waals surface area contributed by atoms with Crippen LogP contribution in [0.5, 0.6) is 0 Å². The molecule has 13 heavy (non-hydrogen) atoms. The minimum absolute atomic E-state index is 0.584. The Kier molecular flexibility index (Phi) is 3.36. The molecule has 0 N–H and O–H groups in total. The van der Waals surface area contributed by atoms with E-state index in [1.807, 2.05) is 0 Å². The predicted molar refractivity (Wildman–Crippen MR) is 48.2 cm³/mol. The second kappa shape index (κ2) is 4.13. The van der Waals surface area contributed by atoms with Crippen molar-refractivity contribution >= 4 is 15.9 Å². The summed E-state index contributed by atoms with van der Waals surface area (Å²) in [7, 11) is 0. The summed E-state index contributed by atoms with van der Waals surface area (Å²) in [4.78, 5) is 0. The fourth-order valence-electron chi connectivity index (χ4n) is 0.832. The van der Waals surface area contributed by atoms with Crippen LogP contribution in [0.4, 0.5) is 13.2 Å². The number of hydrogen-bond acceptors (Lipinski definition) is 0. The van der Waals surface area contributed by atoms with E-state index in [2.05, 4.69) is 15.9 Å². The molecule has 0 spiro atoms. The molecular weight excluding hydrogens is 245 g/mol. The van der Waals surface area contributed by atoms with Crippen LogP contribution >= 0.6 is 15.9 Å². The third-order valence-corrected chi connectivity index (χ3v) is 1.97. The SMILES string of the molecule is FC(F)(F)C[CH]c1ccc(Br)cc1. The van der Waals surface area contributed by atoms with Crippen LogP contribution in [0.25, 0.3) is 0 Å². The van der Waals surface area contributed by atoms with Crippen molar-refractivity contribution in [1.82, 2.24) is 0 Å². The highest BCUT2D eigenvalue weighted by Crippen LogP contribution is 2.23. The standard InChI is InChI=1S/C9H7BrF3/c10-8-3-1-7(2-4-8)5-6-9(11,12)13/h1-5H,6H2. The van der Waals surface area contributed by atoms with Crippen LogP contribution in [0.15, 0.2) is 28.7 Å². The van der Waals surface area contributed by atoms with E-state index in [-0.39, 0.29) is 0 Å². The van der Waals surface area contributed by atoms with Gasteiger partial charge >= 0.3 is 6.18 Å². The first-order chi connectivity index (χ1) is 5.97. The molecule has 0 aromatic heterocycles. The van der Waals surface area contributed by atoms with Crippen molar-refractivity contribution in [3.05, 3.63) is 40.7 Å².